The van der Waals surface area contributed by atoms with Crippen molar-refractivity contribution < 1.29 is 0 Å². The third-order valence-corrected chi connectivity index (χ3v) is 4.90. The van der Waals surface area contributed by atoms with Crippen LogP contribution in [0, 0.1) is 17.8 Å². The molecular weight excluding hydrogens is 192 g/mol. The van der Waals surface area contributed by atoms with Gasteiger partial charge < -0.3 is 0 Å². The maximum Gasteiger partial charge on any atom is -0.0172 e. The van der Waals surface area contributed by atoms with E-state index >= 15 is 0 Å². The van der Waals surface area contributed by atoms with Gasteiger partial charge in [-0.15, -0.1) is 0 Å². The van der Waals surface area contributed by atoms with Crippen LogP contribution in [0.3, 0.4) is 0 Å². The van der Waals surface area contributed by atoms with Gasteiger partial charge >= 0.3 is 0 Å². The van der Waals surface area contributed by atoms with Crippen molar-refractivity contribution in [3.63, 3.8) is 0 Å². The van der Waals surface area contributed by atoms with Crippen LogP contribution in [0.1, 0.15) is 73.1 Å². The first-order valence-corrected chi connectivity index (χ1v) is 7.26. The second-order valence-corrected chi connectivity index (χ2v) is 5.82. The highest BCUT2D eigenvalue weighted by Crippen LogP contribution is 2.43. The number of hydrogen-bond donors (Lipinski definition) is 0. The number of allylic oxidation sites excluding steroid dienone is 2. The van der Waals surface area contributed by atoms with Crippen molar-refractivity contribution in [3.05, 3.63) is 11.1 Å². The molecule has 3 unspecified atom stereocenters. The third kappa shape index (κ3) is 3.12. The van der Waals surface area contributed by atoms with E-state index < -0.39 is 0 Å². The van der Waals surface area contributed by atoms with Gasteiger partial charge in [-0.2, -0.15) is 0 Å². The van der Waals surface area contributed by atoms with Crippen molar-refractivity contribution in [2.24, 2.45) is 17.8 Å². The van der Waals surface area contributed by atoms with E-state index in [1.165, 1.54) is 38.5 Å². The molecule has 0 saturated carbocycles. The first-order valence-electron chi connectivity index (χ1n) is 7.26. The molecule has 0 aromatic rings. The summed E-state index contributed by atoms with van der Waals surface area (Å²) in [6, 6.07) is 0. The van der Waals surface area contributed by atoms with Gasteiger partial charge in [0.05, 0.1) is 0 Å². The van der Waals surface area contributed by atoms with Crippen molar-refractivity contribution in [1.29, 1.82) is 0 Å². The number of rotatable bonds is 6. The minimum atomic E-state index is 0.820. The Morgan fingerprint density at radius 1 is 0.875 bits per heavy atom. The molecule has 3 atom stereocenters. The summed E-state index contributed by atoms with van der Waals surface area (Å²) in [6.45, 7) is 11.8. The molecule has 0 spiro atoms. The Kier molecular flexibility index (Phi) is 5.58. The first kappa shape index (κ1) is 13.8. The molecule has 0 fully saturated rings. The highest BCUT2D eigenvalue weighted by molar-refractivity contribution is 5.23. The molecule has 0 bridgehead atoms. The van der Waals surface area contributed by atoms with Gasteiger partial charge in [0.15, 0.2) is 0 Å². The van der Waals surface area contributed by atoms with Crippen LogP contribution in [0.15, 0.2) is 11.1 Å². The molecular formula is C16H30. The van der Waals surface area contributed by atoms with E-state index in [2.05, 4.69) is 34.6 Å². The molecule has 0 aromatic carbocycles. The fourth-order valence-electron chi connectivity index (χ4n) is 3.24. The Balaban J connectivity index is 2.32. The highest BCUT2D eigenvalue weighted by Gasteiger charge is 2.32. The van der Waals surface area contributed by atoms with E-state index in [4.69, 9.17) is 0 Å². The first-order chi connectivity index (χ1) is 7.59. The van der Waals surface area contributed by atoms with Crippen LogP contribution in [0.4, 0.5) is 0 Å². The van der Waals surface area contributed by atoms with Crippen LogP contribution in [0.25, 0.3) is 0 Å². The van der Waals surface area contributed by atoms with E-state index in [-0.39, 0.29) is 0 Å². The van der Waals surface area contributed by atoms with Gasteiger partial charge in [0, 0.05) is 0 Å². The Hall–Kier alpha value is -0.260. The average molecular weight is 222 g/mol. The number of unbranched alkanes of at least 4 members (excludes halogenated alkanes) is 4. The summed E-state index contributed by atoms with van der Waals surface area (Å²) >= 11 is 0. The predicted molar refractivity (Wildman–Crippen MR) is 73.6 cm³/mol. The fraction of sp³-hybridized carbons (Fsp3) is 0.875. The van der Waals surface area contributed by atoms with Gasteiger partial charge in [0.1, 0.15) is 0 Å². The summed E-state index contributed by atoms with van der Waals surface area (Å²) in [6.07, 6.45) is 8.52. The summed E-state index contributed by atoms with van der Waals surface area (Å²) < 4.78 is 0. The van der Waals surface area contributed by atoms with Crippen molar-refractivity contribution in [3.8, 4) is 0 Å². The number of hydrogen-bond acceptors (Lipinski definition) is 0. The SMILES string of the molecule is CCCCCCCC1C(C)=C(C)C(C)C1C. The summed E-state index contributed by atoms with van der Waals surface area (Å²) in [5.74, 6) is 2.59. The lowest BCUT2D eigenvalue weighted by Gasteiger charge is -2.20. The van der Waals surface area contributed by atoms with Crippen LogP contribution in [-0.4, -0.2) is 0 Å². The van der Waals surface area contributed by atoms with Crippen LogP contribution >= 0.6 is 0 Å². The zero-order valence-electron chi connectivity index (χ0n) is 12.0. The van der Waals surface area contributed by atoms with Crippen LogP contribution < -0.4 is 0 Å². The minimum Gasteiger partial charge on any atom is -0.0710 e. The highest BCUT2D eigenvalue weighted by atomic mass is 14.4. The minimum absolute atomic E-state index is 0.820. The Morgan fingerprint density at radius 2 is 1.50 bits per heavy atom. The maximum absolute atomic E-state index is 2.45. The third-order valence-electron chi connectivity index (χ3n) is 4.90. The molecule has 0 aromatic heterocycles. The Labute approximate surface area is 103 Å². The predicted octanol–water partition coefficient (Wildman–Crippen LogP) is 5.59. The molecule has 0 heteroatoms. The molecule has 1 aliphatic rings. The zero-order valence-corrected chi connectivity index (χ0v) is 12.0. The van der Waals surface area contributed by atoms with Gasteiger partial charge in [-0.05, 0) is 38.0 Å². The molecule has 0 nitrogen and oxygen atoms in total. The molecule has 0 saturated heterocycles. The largest absolute Gasteiger partial charge is 0.0710 e. The van der Waals surface area contributed by atoms with Crippen LogP contribution in [0.2, 0.25) is 0 Å². The van der Waals surface area contributed by atoms with Gasteiger partial charge in [-0.25, -0.2) is 0 Å². The monoisotopic (exact) mass is 222 g/mol. The standard InChI is InChI=1S/C16H30/c1-6-7-8-9-10-11-16-14(4)12(2)13(3)15(16)5/h12,14,16H,6-11H2,1-5H3. The second kappa shape index (κ2) is 6.47. The molecule has 16 heavy (non-hydrogen) atoms. The van der Waals surface area contributed by atoms with Crippen molar-refractivity contribution in [2.75, 3.05) is 0 Å². The van der Waals surface area contributed by atoms with Gasteiger partial charge in [-0.1, -0.05) is 64.0 Å². The summed E-state index contributed by atoms with van der Waals surface area (Å²) in [7, 11) is 0. The van der Waals surface area contributed by atoms with Gasteiger partial charge in [-0.3, -0.25) is 0 Å². The van der Waals surface area contributed by atoms with Crippen LogP contribution in [0.5, 0.6) is 0 Å². The topological polar surface area (TPSA) is 0 Å². The van der Waals surface area contributed by atoms with Crippen LogP contribution in [-0.2, 0) is 0 Å². The van der Waals surface area contributed by atoms with E-state index in [1.807, 2.05) is 0 Å². The Bertz CT molecular complexity index is 236. The second-order valence-electron chi connectivity index (χ2n) is 5.82. The quantitative estimate of drug-likeness (QED) is 0.406. The fourth-order valence-corrected chi connectivity index (χ4v) is 3.24. The lowest BCUT2D eigenvalue weighted by molar-refractivity contribution is 0.340. The molecule has 0 heterocycles. The average Bonchev–Trinajstić information content (AvgIpc) is 2.46. The molecule has 1 aliphatic carbocycles. The van der Waals surface area contributed by atoms with Gasteiger partial charge in [0.2, 0.25) is 0 Å². The van der Waals surface area contributed by atoms with E-state index in [0.717, 1.165) is 17.8 Å². The molecule has 0 N–H and O–H groups in total. The van der Waals surface area contributed by atoms with E-state index in [9.17, 15) is 0 Å². The van der Waals surface area contributed by atoms with Crippen molar-refractivity contribution in [1.82, 2.24) is 0 Å². The maximum atomic E-state index is 2.45. The normalized spacial score (nSPS) is 30.2. The lowest BCUT2D eigenvalue weighted by Crippen LogP contribution is -2.12. The lowest BCUT2D eigenvalue weighted by atomic mass is 9.84. The summed E-state index contributed by atoms with van der Waals surface area (Å²) in [5.41, 5.74) is 3.38. The van der Waals surface area contributed by atoms with Gasteiger partial charge in [0.25, 0.3) is 0 Å². The molecule has 0 amide bonds. The molecule has 94 valence electrons. The molecule has 0 radical (unpaired) electrons. The molecule has 0 aliphatic heterocycles. The van der Waals surface area contributed by atoms with Crippen molar-refractivity contribution in [2.45, 2.75) is 73.1 Å². The zero-order chi connectivity index (χ0) is 12.1. The Morgan fingerprint density at radius 3 is 2.00 bits per heavy atom. The molecule has 1 rings (SSSR count). The van der Waals surface area contributed by atoms with Crippen molar-refractivity contribution >= 4 is 0 Å². The summed E-state index contributed by atoms with van der Waals surface area (Å²) in [4.78, 5) is 0. The van der Waals surface area contributed by atoms with E-state index in [0.29, 0.717) is 0 Å². The summed E-state index contributed by atoms with van der Waals surface area (Å²) in [5, 5.41) is 0. The van der Waals surface area contributed by atoms with E-state index in [1.54, 1.807) is 11.1 Å². The smallest absolute Gasteiger partial charge is 0.0172 e.